The summed E-state index contributed by atoms with van der Waals surface area (Å²) >= 11 is 0. The molecule has 0 spiro atoms. The molecule has 4 nitrogen and oxygen atoms in total. The Hall–Kier alpha value is -1.32. The molecule has 0 bridgehead atoms. The molecule has 0 unspecified atom stereocenters. The van der Waals surface area contributed by atoms with Gasteiger partial charge in [-0.1, -0.05) is 32.6 Å². The normalized spacial score (nSPS) is 11.4. The quantitative estimate of drug-likeness (QED) is 0.411. The number of carbonyl (C=O) groups excluding carboxylic acids is 2. The predicted molar refractivity (Wildman–Crippen MR) is 51.5 cm³/mol. The molecule has 0 atom stereocenters. The lowest BCUT2D eigenvalue weighted by molar-refractivity contribution is -0.303. The van der Waals surface area contributed by atoms with Crippen molar-refractivity contribution in [1.29, 1.82) is 0 Å². The van der Waals surface area contributed by atoms with Crippen LogP contribution >= 0.6 is 0 Å². The molecule has 86 valence electrons. The van der Waals surface area contributed by atoms with Crippen molar-refractivity contribution in [3.63, 3.8) is 0 Å². The second-order valence-electron chi connectivity index (χ2n) is 3.44. The number of unbranched alkanes of at least 4 members (excludes halogenated alkanes) is 4. The van der Waals surface area contributed by atoms with E-state index in [2.05, 4.69) is 6.92 Å². The van der Waals surface area contributed by atoms with Crippen LogP contribution in [0.4, 0.5) is 0 Å². The van der Waals surface area contributed by atoms with E-state index in [0.717, 1.165) is 25.7 Å². The van der Waals surface area contributed by atoms with Crippen molar-refractivity contribution in [2.45, 2.75) is 45.4 Å². The number of carbonyl (C=O) groups is 2. The van der Waals surface area contributed by atoms with Crippen molar-refractivity contribution >= 4 is 11.9 Å². The maximum absolute atomic E-state index is 10.5. The van der Waals surface area contributed by atoms with Gasteiger partial charge in [-0.2, -0.15) is 0 Å². The maximum Gasteiger partial charge on any atom is 0.0675 e. The van der Waals surface area contributed by atoms with E-state index in [1.807, 2.05) is 0 Å². The second-order valence-corrected chi connectivity index (χ2v) is 3.44. The lowest BCUT2D eigenvalue weighted by Crippen LogP contribution is -2.27. The zero-order chi connectivity index (χ0) is 11.7. The van der Waals surface area contributed by atoms with Crippen molar-refractivity contribution in [3.8, 4) is 0 Å². The molecule has 15 heavy (non-hydrogen) atoms. The molecule has 0 N–H and O–H groups in total. The zero-order valence-electron chi connectivity index (χ0n) is 8.95. The zero-order valence-corrected chi connectivity index (χ0v) is 8.95. The molecule has 0 aliphatic carbocycles. The van der Waals surface area contributed by atoms with Crippen LogP contribution in [-0.4, -0.2) is 11.9 Å². The average molecular weight is 212 g/mol. The van der Waals surface area contributed by atoms with Crippen LogP contribution in [0.5, 0.6) is 0 Å². The summed E-state index contributed by atoms with van der Waals surface area (Å²) < 4.78 is 0. The number of carboxylic acid groups (broad SMARTS) is 2. The highest BCUT2D eigenvalue weighted by atomic mass is 16.4. The number of hydrogen-bond donors (Lipinski definition) is 0. The van der Waals surface area contributed by atoms with Gasteiger partial charge in [0.1, 0.15) is 0 Å². The summed E-state index contributed by atoms with van der Waals surface area (Å²) in [4.78, 5) is 20.7. The van der Waals surface area contributed by atoms with Crippen molar-refractivity contribution in [2.75, 3.05) is 0 Å². The lowest BCUT2D eigenvalue weighted by Gasteiger charge is -2.08. The van der Waals surface area contributed by atoms with Crippen LogP contribution in [0.2, 0.25) is 0 Å². The van der Waals surface area contributed by atoms with E-state index in [0.29, 0.717) is 12.5 Å². The van der Waals surface area contributed by atoms with Gasteiger partial charge < -0.3 is 19.8 Å². The van der Waals surface area contributed by atoms with Crippen LogP contribution in [0.3, 0.4) is 0 Å². The van der Waals surface area contributed by atoms with E-state index in [-0.39, 0.29) is 12.0 Å². The van der Waals surface area contributed by atoms with Gasteiger partial charge in [-0.25, -0.2) is 0 Å². The molecule has 4 heteroatoms. The first-order valence-corrected chi connectivity index (χ1v) is 5.20. The molecule has 0 fully saturated rings. The minimum absolute atomic E-state index is 0.188. The lowest BCUT2D eigenvalue weighted by atomic mass is 10.1. The predicted octanol–water partition coefficient (Wildman–Crippen LogP) is -0.227. The molecule has 0 rings (SSSR count). The van der Waals surface area contributed by atoms with Gasteiger partial charge in [0.15, 0.2) is 0 Å². The first-order chi connectivity index (χ1) is 7.07. The summed E-state index contributed by atoms with van der Waals surface area (Å²) in [6, 6.07) is 0. The van der Waals surface area contributed by atoms with Crippen molar-refractivity contribution in [1.82, 2.24) is 0 Å². The van der Waals surface area contributed by atoms with Gasteiger partial charge in [0.05, 0.1) is 11.9 Å². The summed E-state index contributed by atoms with van der Waals surface area (Å²) in [7, 11) is 0. The molecule has 0 heterocycles. The van der Waals surface area contributed by atoms with Crippen molar-refractivity contribution < 1.29 is 19.8 Å². The van der Waals surface area contributed by atoms with Gasteiger partial charge in [-0.15, -0.1) is 0 Å². The Labute approximate surface area is 89.6 Å². The number of rotatable bonds is 8. The van der Waals surface area contributed by atoms with Crippen LogP contribution in [0.25, 0.3) is 0 Å². The minimum atomic E-state index is -1.48. The summed E-state index contributed by atoms with van der Waals surface area (Å²) in [5.74, 6) is -2.91. The third kappa shape index (κ3) is 7.73. The molecule has 0 saturated carbocycles. The maximum atomic E-state index is 10.5. The molecule has 0 aromatic rings. The Morgan fingerprint density at radius 3 is 2.13 bits per heavy atom. The second kappa shape index (κ2) is 8.03. The topological polar surface area (TPSA) is 80.3 Å². The Bertz CT molecular complexity index is 243. The fraction of sp³-hybridized carbons (Fsp3) is 0.636. The van der Waals surface area contributed by atoms with Gasteiger partial charge in [-0.05, 0) is 24.5 Å². The van der Waals surface area contributed by atoms with E-state index >= 15 is 0 Å². The van der Waals surface area contributed by atoms with Crippen LogP contribution in [0.15, 0.2) is 11.6 Å². The smallest absolute Gasteiger partial charge is 0.0675 e. The molecular formula is C11H16O4-2. The summed E-state index contributed by atoms with van der Waals surface area (Å²) in [6.07, 6.45) is 5.70. The fourth-order valence-electron chi connectivity index (χ4n) is 1.29. The van der Waals surface area contributed by atoms with Gasteiger partial charge in [0.2, 0.25) is 0 Å². The van der Waals surface area contributed by atoms with Gasteiger partial charge in [-0.3, -0.25) is 0 Å². The molecule has 0 radical (unpaired) electrons. The largest absolute Gasteiger partial charge is 0.545 e. The molecule has 0 aromatic carbocycles. The van der Waals surface area contributed by atoms with E-state index in [9.17, 15) is 19.8 Å². The standard InChI is InChI=1S/C11H18O4/c1-2-3-4-5-6-7-9(11(14)15)8-10(12)13/h8H,2-7H2,1H3,(H,12,13)(H,14,15)/p-2/b9-8-. The first kappa shape index (κ1) is 13.7. The molecular weight excluding hydrogens is 196 g/mol. The number of aliphatic carboxylic acids is 2. The van der Waals surface area contributed by atoms with E-state index in [1.54, 1.807) is 0 Å². The molecule has 0 aromatic heterocycles. The molecule has 0 amide bonds. The summed E-state index contributed by atoms with van der Waals surface area (Å²) in [6.45, 7) is 2.09. The number of carboxylic acids is 2. The van der Waals surface area contributed by atoms with Gasteiger partial charge in [0, 0.05) is 0 Å². The Morgan fingerprint density at radius 2 is 1.67 bits per heavy atom. The van der Waals surface area contributed by atoms with E-state index < -0.39 is 11.9 Å². The highest BCUT2D eigenvalue weighted by Crippen LogP contribution is 2.10. The van der Waals surface area contributed by atoms with Crippen molar-refractivity contribution in [3.05, 3.63) is 11.6 Å². The summed E-state index contributed by atoms with van der Waals surface area (Å²) in [5.41, 5.74) is -0.188. The monoisotopic (exact) mass is 212 g/mol. The average Bonchev–Trinajstić information content (AvgIpc) is 2.15. The molecule has 0 aliphatic rings. The van der Waals surface area contributed by atoms with Crippen LogP contribution in [0.1, 0.15) is 45.4 Å². The highest BCUT2D eigenvalue weighted by molar-refractivity contribution is 5.92. The Balaban J connectivity index is 3.88. The van der Waals surface area contributed by atoms with Crippen LogP contribution < -0.4 is 10.2 Å². The van der Waals surface area contributed by atoms with E-state index in [1.165, 1.54) is 0 Å². The Kier molecular flexibility index (Phi) is 7.32. The van der Waals surface area contributed by atoms with Crippen LogP contribution in [0, 0.1) is 0 Å². The third-order valence-electron chi connectivity index (χ3n) is 2.10. The van der Waals surface area contributed by atoms with Gasteiger partial charge >= 0.3 is 0 Å². The van der Waals surface area contributed by atoms with Crippen molar-refractivity contribution in [2.24, 2.45) is 0 Å². The summed E-state index contributed by atoms with van der Waals surface area (Å²) in [5, 5.41) is 20.7. The minimum Gasteiger partial charge on any atom is -0.545 e. The molecule has 0 saturated heterocycles. The van der Waals surface area contributed by atoms with Crippen LogP contribution in [-0.2, 0) is 9.59 Å². The van der Waals surface area contributed by atoms with Gasteiger partial charge in [0.25, 0.3) is 0 Å². The highest BCUT2D eigenvalue weighted by Gasteiger charge is 1.98. The number of hydrogen-bond acceptors (Lipinski definition) is 4. The fourth-order valence-corrected chi connectivity index (χ4v) is 1.29. The SMILES string of the molecule is CCCCCCC/C(=C/C(=O)[O-])C(=O)[O-]. The molecule has 0 aliphatic heterocycles. The first-order valence-electron chi connectivity index (χ1n) is 5.20. The van der Waals surface area contributed by atoms with E-state index in [4.69, 9.17) is 0 Å². The Morgan fingerprint density at radius 1 is 1.07 bits per heavy atom. The third-order valence-corrected chi connectivity index (χ3v) is 2.10.